The molecular formula is C12H12F2N4O2. The lowest BCUT2D eigenvalue weighted by Gasteiger charge is -2.14. The number of hydrogen-bond donors (Lipinski definition) is 2. The number of aromatic nitrogens is 3. The van der Waals surface area contributed by atoms with E-state index in [4.69, 9.17) is 0 Å². The van der Waals surface area contributed by atoms with E-state index in [-0.39, 0.29) is 6.04 Å². The number of hydrogen-bond acceptors (Lipinski definition) is 4. The number of benzene rings is 1. The maximum atomic E-state index is 13.5. The minimum absolute atomic E-state index is 0.329. The van der Waals surface area contributed by atoms with Gasteiger partial charge in [0.15, 0.2) is 0 Å². The van der Waals surface area contributed by atoms with Crippen molar-refractivity contribution in [2.45, 2.75) is 19.5 Å². The Bertz CT molecular complexity index is 593. The van der Waals surface area contributed by atoms with E-state index in [1.54, 1.807) is 6.92 Å². The summed E-state index contributed by atoms with van der Waals surface area (Å²) in [7, 11) is 0. The zero-order valence-corrected chi connectivity index (χ0v) is 10.5. The molecule has 1 unspecified atom stereocenters. The fourth-order valence-corrected chi connectivity index (χ4v) is 1.73. The molecule has 0 aliphatic heterocycles. The molecule has 0 saturated heterocycles. The molecule has 0 aliphatic rings. The van der Waals surface area contributed by atoms with Crippen LogP contribution in [0.25, 0.3) is 0 Å². The molecule has 1 heterocycles. The molecule has 2 N–H and O–H groups in total. The van der Waals surface area contributed by atoms with Crippen LogP contribution in [0.4, 0.5) is 8.78 Å². The highest BCUT2D eigenvalue weighted by Gasteiger charge is 2.20. The minimum Gasteiger partial charge on any atom is -0.507 e. The van der Waals surface area contributed by atoms with E-state index in [0.717, 1.165) is 0 Å². The van der Waals surface area contributed by atoms with Gasteiger partial charge in [-0.05, 0) is 6.92 Å². The monoisotopic (exact) mass is 282 g/mol. The highest BCUT2D eigenvalue weighted by Crippen LogP contribution is 2.21. The van der Waals surface area contributed by atoms with E-state index < -0.39 is 28.9 Å². The summed E-state index contributed by atoms with van der Waals surface area (Å²) in [5.41, 5.74) is -0.586. The van der Waals surface area contributed by atoms with Gasteiger partial charge in [-0.1, -0.05) is 0 Å². The Morgan fingerprint density at radius 1 is 1.50 bits per heavy atom. The highest BCUT2D eigenvalue weighted by atomic mass is 19.1. The Balaban J connectivity index is 2.08. The smallest absolute Gasteiger partial charge is 0.258 e. The Kier molecular flexibility index (Phi) is 3.92. The van der Waals surface area contributed by atoms with Gasteiger partial charge in [0.2, 0.25) is 0 Å². The van der Waals surface area contributed by atoms with Crippen LogP contribution in [0.2, 0.25) is 0 Å². The number of aromatic hydroxyl groups is 1. The number of phenols is 1. The molecule has 0 saturated carbocycles. The second-order valence-corrected chi connectivity index (χ2v) is 4.27. The Morgan fingerprint density at radius 2 is 2.25 bits per heavy atom. The van der Waals surface area contributed by atoms with E-state index in [9.17, 15) is 18.7 Å². The second-order valence-electron chi connectivity index (χ2n) is 4.27. The van der Waals surface area contributed by atoms with Crippen LogP contribution >= 0.6 is 0 Å². The molecule has 0 fully saturated rings. The number of carbonyl (C=O) groups is 1. The first kappa shape index (κ1) is 13.9. The first-order valence-electron chi connectivity index (χ1n) is 5.78. The molecule has 6 nitrogen and oxygen atoms in total. The third kappa shape index (κ3) is 3.08. The number of phenolic OH excluding ortho intramolecular Hbond substituents is 1. The van der Waals surface area contributed by atoms with Gasteiger partial charge < -0.3 is 10.4 Å². The van der Waals surface area contributed by atoms with Crippen LogP contribution in [-0.2, 0) is 6.54 Å². The molecule has 8 heteroatoms. The minimum atomic E-state index is -1.12. The summed E-state index contributed by atoms with van der Waals surface area (Å²) < 4.78 is 27.8. The molecule has 2 aromatic rings. The SMILES string of the molecule is CC(Cn1cncn1)NC(=O)c1c(O)cc(F)cc1F. The molecule has 0 aliphatic carbocycles. The van der Waals surface area contributed by atoms with Crippen molar-refractivity contribution >= 4 is 5.91 Å². The molecule has 2 rings (SSSR count). The lowest BCUT2D eigenvalue weighted by atomic mass is 10.1. The van der Waals surface area contributed by atoms with E-state index in [1.807, 2.05) is 0 Å². The van der Waals surface area contributed by atoms with E-state index in [0.29, 0.717) is 18.7 Å². The molecular weight excluding hydrogens is 270 g/mol. The van der Waals surface area contributed by atoms with Crippen LogP contribution in [0.5, 0.6) is 5.75 Å². The van der Waals surface area contributed by atoms with Gasteiger partial charge in [0.25, 0.3) is 5.91 Å². The predicted octanol–water partition coefficient (Wildman–Crippen LogP) is 1.08. The molecule has 0 radical (unpaired) electrons. The summed E-state index contributed by atoms with van der Waals surface area (Å²) in [6, 6.07) is 0.838. The van der Waals surface area contributed by atoms with Crippen LogP contribution in [0.3, 0.4) is 0 Å². The van der Waals surface area contributed by atoms with Gasteiger partial charge in [-0.25, -0.2) is 13.8 Å². The van der Waals surface area contributed by atoms with Gasteiger partial charge in [0.05, 0.1) is 6.54 Å². The number of nitrogens with zero attached hydrogens (tertiary/aromatic N) is 3. The summed E-state index contributed by atoms with van der Waals surface area (Å²) in [6.45, 7) is 2.01. The predicted molar refractivity (Wildman–Crippen MR) is 65.0 cm³/mol. The number of halogens is 2. The third-order valence-corrected chi connectivity index (χ3v) is 2.57. The van der Waals surface area contributed by atoms with Gasteiger partial charge in [-0.2, -0.15) is 5.10 Å². The van der Waals surface area contributed by atoms with E-state index >= 15 is 0 Å². The van der Waals surface area contributed by atoms with Gasteiger partial charge in [-0.3, -0.25) is 9.48 Å². The van der Waals surface area contributed by atoms with Crippen molar-refractivity contribution in [1.82, 2.24) is 20.1 Å². The van der Waals surface area contributed by atoms with Crippen LogP contribution in [0.15, 0.2) is 24.8 Å². The molecule has 106 valence electrons. The van der Waals surface area contributed by atoms with Crippen molar-refractivity contribution in [3.63, 3.8) is 0 Å². The van der Waals surface area contributed by atoms with Crippen molar-refractivity contribution in [3.05, 3.63) is 42.0 Å². The standard InChI is InChI=1S/C12H12F2N4O2/c1-7(4-18-6-15-5-16-18)17-12(20)11-9(14)2-8(13)3-10(11)19/h2-3,5-7,19H,4H2,1H3,(H,17,20). The average Bonchev–Trinajstić information content (AvgIpc) is 2.79. The highest BCUT2D eigenvalue weighted by molar-refractivity contribution is 5.97. The van der Waals surface area contributed by atoms with E-state index in [2.05, 4.69) is 15.4 Å². The van der Waals surface area contributed by atoms with Crippen LogP contribution in [0.1, 0.15) is 17.3 Å². The first-order valence-corrected chi connectivity index (χ1v) is 5.78. The second kappa shape index (κ2) is 5.64. The summed E-state index contributed by atoms with van der Waals surface area (Å²) in [4.78, 5) is 15.6. The van der Waals surface area contributed by atoms with Gasteiger partial charge in [-0.15, -0.1) is 0 Å². The molecule has 1 aromatic carbocycles. The van der Waals surface area contributed by atoms with Crippen molar-refractivity contribution in [3.8, 4) is 5.75 Å². The van der Waals surface area contributed by atoms with E-state index in [1.165, 1.54) is 17.3 Å². The third-order valence-electron chi connectivity index (χ3n) is 2.57. The lowest BCUT2D eigenvalue weighted by molar-refractivity contribution is 0.0929. The first-order chi connectivity index (χ1) is 9.47. The number of amides is 1. The summed E-state index contributed by atoms with van der Waals surface area (Å²) in [6.07, 6.45) is 2.82. The molecule has 0 spiro atoms. The Labute approximate surface area is 113 Å². The molecule has 1 aromatic heterocycles. The number of carbonyl (C=O) groups excluding carboxylic acids is 1. The number of nitrogens with one attached hydrogen (secondary N) is 1. The fourth-order valence-electron chi connectivity index (χ4n) is 1.73. The van der Waals surface area contributed by atoms with Crippen molar-refractivity contribution in [2.75, 3.05) is 0 Å². The zero-order chi connectivity index (χ0) is 14.7. The van der Waals surface area contributed by atoms with Crippen molar-refractivity contribution in [2.24, 2.45) is 0 Å². The van der Waals surface area contributed by atoms with Crippen LogP contribution < -0.4 is 5.32 Å². The van der Waals surface area contributed by atoms with Crippen molar-refractivity contribution in [1.29, 1.82) is 0 Å². The maximum absolute atomic E-state index is 13.5. The largest absolute Gasteiger partial charge is 0.507 e. The molecule has 1 amide bonds. The summed E-state index contributed by atoms with van der Waals surface area (Å²) in [5.74, 6) is -3.64. The van der Waals surface area contributed by atoms with Gasteiger partial charge in [0, 0.05) is 18.2 Å². The summed E-state index contributed by atoms with van der Waals surface area (Å²) >= 11 is 0. The molecule has 0 bridgehead atoms. The van der Waals surface area contributed by atoms with Gasteiger partial charge in [0.1, 0.15) is 35.6 Å². The van der Waals surface area contributed by atoms with Gasteiger partial charge >= 0.3 is 0 Å². The van der Waals surface area contributed by atoms with Crippen LogP contribution in [-0.4, -0.2) is 31.8 Å². The van der Waals surface area contributed by atoms with Crippen LogP contribution in [0, 0.1) is 11.6 Å². The maximum Gasteiger partial charge on any atom is 0.258 e. The quantitative estimate of drug-likeness (QED) is 0.879. The summed E-state index contributed by atoms with van der Waals surface area (Å²) in [5, 5.41) is 15.8. The van der Waals surface area contributed by atoms with Crippen molar-refractivity contribution < 1.29 is 18.7 Å². The average molecular weight is 282 g/mol. The molecule has 20 heavy (non-hydrogen) atoms. The molecule has 1 atom stereocenters. The fraction of sp³-hybridized carbons (Fsp3) is 0.250. The normalized spacial score (nSPS) is 12.2. The lowest BCUT2D eigenvalue weighted by Crippen LogP contribution is -2.36. The Morgan fingerprint density at radius 3 is 2.85 bits per heavy atom. The topological polar surface area (TPSA) is 80.0 Å². The zero-order valence-electron chi connectivity index (χ0n) is 10.5. The Hall–Kier alpha value is -2.51. The number of rotatable bonds is 4.